The fourth-order valence-electron chi connectivity index (χ4n) is 2.33. The highest BCUT2D eigenvalue weighted by Gasteiger charge is 2.25. The van der Waals surface area contributed by atoms with Gasteiger partial charge in [0, 0.05) is 19.0 Å². The zero-order valence-corrected chi connectivity index (χ0v) is 11.2. The van der Waals surface area contributed by atoms with Crippen molar-refractivity contribution >= 4 is 5.91 Å². The van der Waals surface area contributed by atoms with Gasteiger partial charge in [0.2, 0.25) is 5.91 Å². The molecule has 0 saturated heterocycles. The number of nitrogens with one attached hydrogen (secondary N) is 1. The van der Waals surface area contributed by atoms with E-state index in [1.807, 2.05) is 0 Å². The number of hydrogen-bond acceptors (Lipinski definition) is 3. The van der Waals surface area contributed by atoms with Gasteiger partial charge in [-0.1, -0.05) is 6.92 Å². The van der Waals surface area contributed by atoms with E-state index in [2.05, 4.69) is 24.2 Å². The van der Waals surface area contributed by atoms with Gasteiger partial charge in [-0.3, -0.25) is 4.79 Å². The van der Waals surface area contributed by atoms with Crippen LogP contribution in [0.4, 0.5) is 0 Å². The summed E-state index contributed by atoms with van der Waals surface area (Å²) in [6.07, 6.45) is 4.25. The van der Waals surface area contributed by atoms with Crippen LogP contribution < -0.4 is 11.1 Å². The van der Waals surface area contributed by atoms with E-state index in [1.165, 1.54) is 0 Å². The number of carbonyl (C=O) groups excluding carboxylic acids is 1. The second-order valence-electron chi connectivity index (χ2n) is 5.14. The zero-order chi connectivity index (χ0) is 12.7. The van der Waals surface area contributed by atoms with Crippen LogP contribution >= 0.6 is 0 Å². The third kappa shape index (κ3) is 5.04. The van der Waals surface area contributed by atoms with Crippen LogP contribution in [0.3, 0.4) is 0 Å². The molecule has 0 aromatic carbocycles. The molecule has 1 aliphatic rings. The molecular formula is C13H27N3O. The summed E-state index contributed by atoms with van der Waals surface area (Å²) < 4.78 is 0. The summed E-state index contributed by atoms with van der Waals surface area (Å²) in [6.45, 7) is 5.61. The molecule has 0 bridgehead atoms. The molecule has 1 saturated carbocycles. The van der Waals surface area contributed by atoms with Gasteiger partial charge in [-0.05, 0) is 51.7 Å². The molecule has 0 aliphatic heterocycles. The fraction of sp³-hybridized carbons (Fsp3) is 0.923. The number of nitrogens with zero attached hydrogens (tertiary/aromatic N) is 1. The van der Waals surface area contributed by atoms with Gasteiger partial charge < -0.3 is 16.0 Å². The molecule has 4 nitrogen and oxygen atoms in total. The molecule has 1 rings (SSSR count). The van der Waals surface area contributed by atoms with Crippen LogP contribution in [-0.2, 0) is 4.79 Å². The molecule has 0 atom stereocenters. The second-order valence-corrected chi connectivity index (χ2v) is 5.14. The maximum Gasteiger partial charge on any atom is 0.223 e. The van der Waals surface area contributed by atoms with E-state index in [-0.39, 0.29) is 11.8 Å². The van der Waals surface area contributed by atoms with Crippen molar-refractivity contribution in [1.29, 1.82) is 0 Å². The van der Waals surface area contributed by atoms with Crippen molar-refractivity contribution in [2.24, 2.45) is 17.6 Å². The Morgan fingerprint density at radius 3 is 2.53 bits per heavy atom. The van der Waals surface area contributed by atoms with Crippen molar-refractivity contribution in [3.8, 4) is 0 Å². The number of rotatable bonds is 6. The standard InChI is InChI=1S/C13H27N3O/c1-3-16(2)9-8-15-13(17)12-6-4-11(10-14)5-7-12/h11-12H,3-10,14H2,1-2H3,(H,15,17). The Morgan fingerprint density at radius 2 is 2.00 bits per heavy atom. The van der Waals surface area contributed by atoms with Crippen molar-refractivity contribution in [2.45, 2.75) is 32.6 Å². The highest BCUT2D eigenvalue weighted by Crippen LogP contribution is 2.27. The van der Waals surface area contributed by atoms with Crippen molar-refractivity contribution in [3.63, 3.8) is 0 Å². The van der Waals surface area contributed by atoms with Crippen LogP contribution in [0.25, 0.3) is 0 Å². The second kappa shape index (κ2) is 7.67. The monoisotopic (exact) mass is 241 g/mol. The number of carbonyl (C=O) groups is 1. The molecule has 0 aromatic heterocycles. The molecule has 1 fully saturated rings. The van der Waals surface area contributed by atoms with E-state index in [1.54, 1.807) is 0 Å². The molecule has 0 spiro atoms. The third-order valence-corrected chi connectivity index (χ3v) is 3.88. The molecule has 100 valence electrons. The van der Waals surface area contributed by atoms with Crippen LogP contribution in [-0.4, -0.2) is 44.0 Å². The Hall–Kier alpha value is -0.610. The van der Waals surface area contributed by atoms with Crippen LogP contribution in [0.1, 0.15) is 32.6 Å². The van der Waals surface area contributed by atoms with Gasteiger partial charge in [0.25, 0.3) is 0 Å². The Bertz CT molecular complexity index is 225. The summed E-state index contributed by atoms with van der Waals surface area (Å²) in [5.41, 5.74) is 5.65. The summed E-state index contributed by atoms with van der Waals surface area (Å²) in [5.74, 6) is 1.11. The highest BCUT2D eigenvalue weighted by atomic mass is 16.1. The number of hydrogen-bond donors (Lipinski definition) is 2. The van der Waals surface area contributed by atoms with Crippen molar-refractivity contribution in [1.82, 2.24) is 10.2 Å². The van der Waals surface area contributed by atoms with Crippen molar-refractivity contribution in [2.75, 3.05) is 33.2 Å². The zero-order valence-electron chi connectivity index (χ0n) is 11.2. The summed E-state index contributed by atoms with van der Waals surface area (Å²) in [6, 6.07) is 0. The SMILES string of the molecule is CCN(C)CCNC(=O)C1CCC(CN)CC1. The minimum Gasteiger partial charge on any atom is -0.355 e. The Kier molecular flexibility index (Phi) is 6.52. The minimum absolute atomic E-state index is 0.227. The smallest absolute Gasteiger partial charge is 0.223 e. The molecule has 0 radical (unpaired) electrons. The average molecular weight is 241 g/mol. The van der Waals surface area contributed by atoms with Crippen LogP contribution in [0.15, 0.2) is 0 Å². The summed E-state index contributed by atoms with van der Waals surface area (Å²) in [7, 11) is 2.07. The Balaban J connectivity index is 2.16. The summed E-state index contributed by atoms with van der Waals surface area (Å²) in [4.78, 5) is 14.1. The molecule has 0 aromatic rings. The van der Waals surface area contributed by atoms with E-state index in [4.69, 9.17) is 5.73 Å². The lowest BCUT2D eigenvalue weighted by molar-refractivity contribution is -0.126. The predicted octanol–water partition coefficient (Wildman–Crippen LogP) is 0.819. The van der Waals surface area contributed by atoms with Gasteiger partial charge in [-0.2, -0.15) is 0 Å². The van der Waals surface area contributed by atoms with Crippen molar-refractivity contribution in [3.05, 3.63) is 0 Å². The molecule has 1 amide bonds. The Morgan fingerprint density at radius 1 is 1.35 bits per heavy atom. The number of likely N-dealkylation sites (N-methyl/N-ethyl adjacent to an activating group) is 1. The molecule has 0 heterocycles. The van der Waals surface area contributed by atoms with E-state index in [0.717, 1.165) is 51.9 Å². The normalized spacial score (nSPS) is 24.9. The molecule has 17 heavy (non-hydrogen) atoms. The van der Waals surface area contributed by atoms with Gasteiger partial charge in [0.15, 0.2) is 0 Å². The number of amides is 1. The lowest BCUT2D eigenvalue weighted by Gasteiger charge is -2.27. The largest absolute Gasteiger partial charge is 0.355 e. The maximum atomic E-state index is 11.9. The quantitative estimate of drug-likeness (QED) is 0.724. The first-order valence-electron chi connectivity index (χ1n) is 6.83. The van der Waals surface area contributed by atoms with Gasteiger partial charge in [-0.15, -0.1) is 0 Å². The first-order valence-corrected chi connectivity index (χ1v) is 6.83. The van der Waals surface area contributed by atoms with E-state index in [9.17, 15) is 4.79 Å². The van der Waals surface area contributed by atoms with Crippen LogP contribution in [0.5, 0.6) is 0 Å². The molecular weight excluding hydrogens is 214 g/mol. The fourth-order valence-corrected chi connectivity index (χ4v) is 2.33. The molecule has 4 heteroatoms. The van der Waals surface area contributed by atoms with E-state index >= 15 is 0 Å². The lowest BCUT2D eigenvalue weighted by atomic mass is 9.81. The average Bonchev–Trinajstić information content (AvgIpc) is 2.38. The molecule has 0 unspecified atom stereocenters. The molecule has 3 N–H and O–H groups in total. The predicted molar refractivity (Wildman–Crippen MR) is 70.7 cm³/mol. The highest BCUT2D eigenvalue weighted by molar-refractivity contribution is 5.78. The first kappa shape index (κ1) is 14.5. The van der Waals surface area contributed by atoms with Gasteiger partial charge in [0.1, 0.15) is 0 Å². The van der Waals surface area contributed by atoms with Gasteiger partial charge in [0.05, 0.1) is 0 Å². The lowest BCUT2D eigenvalue weighted by Crippen LogP contribution is -2.38. The van der Waals surface area contributed by atoms with Crippen LogP contribution in [0.2, 0.25) is 0 Å². The van der Waals surface area contributed by atoms with Crippen LogP contribution in [0, 0.1) is 11.8 Å². The van der Waals surface area contributed by atoms with E-state index in [0.29, 0.717) is 5.92 Å². The third-order valence-electron chi connectivity index (χ3n) is 3.88. The van der Waals surface area contributed by atoms with Crippen molar-refractivity contribution < 1.29 is 4.79 Å². The Labute approximate surface area is 105 Å². The van der Waals surface area contributed by atoms with E-state index < -0.39 is 0 Å². The van der Waals surface area contributed by atoms with Gasteiger partial charge >= 0.3 is 0 Å². The maximum absolute atomic E-state index is 11.9. The molecule has 1 aliphatic carbocycles. The summed E-state index contributed by atoms with van der Waals surface area (Å²) in [5, 5.41) is 3.04. The first-order chi connectivity index (χ1) is 8.17. The minimum atomic E-state index is 0.227. The number of nitrogens with two attached hydrogens (primary N) is 1. The summed E-state index contributed by atoms with van der Waals surface area (Å²) >= 11 is 0. The van der Waals surface area contributed by atoms with Gasteiger partial charge in [-0.25, -0.2) is 0 Å². The topological polar surface area (TPSA) is 58.4 Å².